The molecule has 1 aromatic rings. The van der Waals surface area contributed by atoms with Crippen LogP contribution >= 0.6 is 0 Å². The molecule has 0 unspecified atom stereocenters. The van der Waals surface area contributed by atoms with E-state index in [0.717, 1.165) is 4.57 Å². The van der Waals surface area contributed by atoms with Gasteiger partial charge in [0, 0.05) is 6.20 Å². The summed E-state index contributed by atoms with van der Waals surface area (Å²) in [6.07, 6.45) is 0.672. The van der Waals surface area contributed by atoms with Gasteiger partial charge in [0.15, 0.2) is 0 Å². The van der Waals surface area contributed by atoms with Crippen molar-refractivity contribution < 1.29 is 19.4 Å². The molecule has 0 saturated heterocycles. The third kappa shape index (κ3) is 3.88. The fourth-order valence-corrected chi connectivity index (χ4v) is 1.97. The first-order valence-electron chi connectivity index (χ1n) is 7.12. The zero-order valence-corrected chi connectivity index (χ0v) is 12.9. The molecule has 0 aromatic carbocycles. The number of nitrogens with two attached hydrogens (primary N) is 2. The SMILES string of the molecule is CC(C)[C@H](N)C(=O)OCC1=C[C@@H](O)[C@H](n2ccc(N)nc2=O)O1. The largest absolute Gasteiger partial charge is 0.468 e. The number of anilines is 1. The van der Waals surface area contributed by atoms with Gasteiger partial charge in [-0.15, -0.1) is 0 Å². The number of aliphatic hydroxyl groups is 1. The molecule has 0 amide bonds. The predicted octanol–water partition coefficient (Wildman–Crippen LogP) is -0.874. The molecule has 9 heteroatoms. The van der Waals surface area contributed by atoms with Crippen molar-refractivity contribution in [2.75, 3.05) is 12.3 Å². The first-order chi connectivity index (χ1) is 10.8. The molecule has 0 spiro atoms. The third-order valence-corrected chi connectivity index (χ3v) is 3.39. The van der Waals surface area contributed by atoms with Gasteiger partial charge in [-0.1, -0.05) is 13.8 Å². The Balaban J connectivity index is 1.99. The average molecular weight is 324 g/mol. The number of carbonyl (C=O) groups is 1. The summed E-state index contributed by atoms with van der Waals surface area (Å²) < 4.78 is 11.6. The summed E-state index contributed by atoms with van der Waals surface area (Å²) in [6, 6.07) is 0.679. The van der Waals surface area contributed by atoms with Crippen LogP contribution in [0.3, 0.4) is 0 Å². The highest BCUT2D eigenvalue weighted by Gasteiger charge is 2.31. The quantitative estimate of drug-likeness (QED) is 0.593. The lowest BCUT2D eigenvalue weighted by Crippen LogP contribution is -2.37. The van der Waals surface area contributed by atoms with Gasteiger partial charge >= 0.3 is 11.7 Å². The van der Waals surface area contributed by atoms with Crippen LogP contribution in [0.4, 0.5) is 5.82 Å². The molecule has 1 aliphatic heterocycles. The van der Waals surface area contributed by atoms with Crippen LogP contribution in [0, 0.1) is 5.92 Å². The van der Waals surface area contributed by atoms with Crippen molar-refractivity contribution in [1.29, 1.82) is 0 Å². The van der Waals surface area contributed by atoms with E-state index in [4.69, 9.17) is 20.9 Å². The Morgan fingerprint density at radius 3 is 2.87 bits per heavy atom. The summed E-state index contributed by atoms with van der Waals surface area (Å²) in [4.78, 5) is 27.0. The standard InChI is InChI=1S/C14H20N4O5/c1-7(2)11(16)13(20)22-6-8-5-9(19)12(23-8)18-4-3-10(15)17-14(18)21/h3-5,7,9,11-12,19H,6,16H2,1-2H3,(H2,15,17,21)/t9-,11+,12-/m1/s1. The van der Waals surface area contributed by atoms with Crippen LogP contribution in [0.1, 0.15) is 20.1 Å². The number of rotatable bonds is 5. The van der Waals surface area contributed by atoms with Crippen LogP contribution in [0.2, 0.25) is 0 Å². The maximum absolute atomic E-state index is 11.8. The molecule has 9 nitrogen and oxygen atoms in total. The van der Waals surface area contributed by atoms with Crippen LogP contribution < -0.4 is 17.2 Å². The van der Waals surface area contributed by atoms with Crippen LogP contribution in [0.15, 0.2) is 28.9 Å². The van der Waals surface area contributed by atoms with Gasteiger partial charge in [-0.2, -0.15) is 4.98 Å². The Morgan fingerprint density at radius 1 is 1.57 bits per heavy atom. The van der Waals surface area contributed by atoms with Crippen molar-refractivity contribution >= 4 is 11.8 Å². The highest BCUT2D eigenvalue weighted by molar-refractivity contribution is 5.75. The first kappa shape index (κ1) is 17.0. The number of aliphatic hydroxyl groups excluding tert-OH is 1. The summed E-state index contributed by atoms with van der Waals surface area (Å²) in [7, 11) is 0. The second-order valence-electron chi connectivity index (χ2n) is 5.55. The molecule has 2 rings (SSSR count). The van der Waals surface area contributed by atoms with E-state index in [1.807, 2.05) is 0 Å². The molecule has 0 aliphatic carbocycles. The zero-order valence-electron chi connectivity index (χ0n) is 12.9. The minimum absolute atomic E-state index is 0.0567. The normalized spacial score (nSPS) is 21.7. The molecule has 2 heterocycles. The number of hydrogen-bond acceptors (Lipinski definition) is 8. The van der Waals surface area contributed by atoms with Gasteiger partial charge in [0.1, 0.15) is 30.3 Å². The number of hydrogen-bond donors (Lipinski definition) is 3. The average Bonchev–Trinajstić information content (AvgIpc) is 2.84. The lowest BCUT2D eigenvalue weighted by Gasteiger charge is -2.18. The fraction of sp³-hybridized carbons (Fsp3) is 0.500. The van der Waals surface area contributed by atoms with Crippen molar-refractivity contribution in [1.82, 2.24) is 9.55 Å². The van der Waals surface area contributed by atoms with Crippen LogP contribution in [0.25, 0.3) is 0 Å². The monoisotopic (exact) mass is 324 g/mol. The second-order valence-corrected chi connectivity index (χ2v) is 5.55. The lowest BCUT2D eigenvalue weighted by molar-refractivity contribution is -0.146. The van der Waals surface area contributed by atoms with E-state index < -0.39 is 30.0 Å². The highest BCUT2D eigenvalue weighted by atomic mass is 16.6. The number of carbonyl (C=O) groups excluding carboxylic acids is 1. The van der Waals surface area contributed by atoms with E-state index in [1.54, 1.807) is 13.8 Å². The van der Waals surface area contributed by atoms with E-state index in [0.29, 0.717) is 0 Å². The second kappa shape index (κ2) is 6.80. The number of nitrogens with zero attached hydrogens (tertiary/aromatic N) is 2. The molecule has 1 aliphatic rings. The van der Waals surface area contributed by atoms with Crippen molar-refractivity contribution in [3.8, 4) is 0 Å². The summed E-state index contributed by atoms with van der Waals surface area (Å²) in [5.74, 6) is -0.313. The van der Waals surface area contributed by atoms with Crippen molar-refractivity contribution in [3.05, 3.63) is 34.6 Å². The Kier molecular flexibility index (Phi) is 5.02. The fourth-order valence-electron chi connectivity index (χ4n) is 1.97. The van der Waals surface area contributed by atoms with Crippen LogP contribution in [-0.4, -0.2) is 39.4 Å². The summed E-state index contributed by atoms with van der Waals surface area (Å²) in [5, 5.41) is 9.98. The number of esters is 1. The van der Waals surface area contributed by atoms with Crippen molar-refractivity contribution in [3.63, 3.8) is 0 Å². The van der Waals surface area contributed by atoms with Gasteiger partial charge in [-0.05, 0) is 18.1 Å². The van der Waals surface area contributed by atoms with Gasteiger partial charge in [-0.3, -0.25) is 9.36 Å². The Hall–Kier alpha value is -2.39. The molecule has 3 atom stereocenters. The predicted molar refractivity (Wildman–Crippen MR) is 80.9 cm³/mol. The first-order valence-corrected chi connectivity index (χ1v) is 7.12. The van der Waals surface area contributed by atoms with Crippen molar-refractivity contribution in [2.45, 2.75) is 32.2 Å². The Morgan fingerprint density at radius 2 is 2.26 bits per heavy atom. The molecule has 0 fully saturated rings. The van der Waals surface area contributed by atoms with E-state index in [2.05, 4.69) is 4.98 Å². The van der Waals surface area contributed by atoms with Gasteiger partial charge in [0.05, 0.1) is 0 Å². The number of ether oxygens (including phenoxy) is 2. The lowest BCUT2D eigenvalue weighted by atomic mass is 10.1. The van der Waals surface area contributed by atoms with E-state index in [1.165, 1.54) is 18.3 Å². The van der Waals surface area contributed by atoms with Gasteiger partial charge < -0.3 is 26.0 Å². The molecule has 126 valence electrons. The van der Waals surface area contributed by atoms with Gasteiger partial charge in [0.25, 0.3) is 0 Å². The van der Waals surface area contributed by atoms with E-state index in [9.17, 15) is 14.7 Å². The van der Waals surface area contributed by atoms with Gasteiger partial charge in [0.2, 0.25) is 6.23 Å². The maximum atomic E-state index is 11.8. The molecule has 0 radical (unpaired) electrons. The topological polar surface area (TPSA) is 143 Å². The zero-order chi connectivity index (χ0) is 17.1. The Bertz CT molecular complexity index is 669. The smallest absolute Gasteiger partial charge is 0.352 e. The molecular formula is C14H20N4O5. The Labute approximate surface area is 132 Å². The third-order valence-electron chi connectivity index (χ3n) is 3.39. The molecule has 1 aromatic heterocycles. The molecule has 0 saturated carbocycles. The van der Waals surface area contributed by atoms with E-state index in [-0.39, 0.29) is 24.1 Å². The minimum Gasteiger partial charge on any atom is -0.468 e. The summed E-state index contributed by atoms with van der Waals surface area (Å²) in [6.45, 7) is 3.43. The summed E-state index contributed by atoms with van der Waals surface area (Å²) >= 11 is 0. The number of nitrogen functional groups attached to an aromatic ring is 1. The maximum Gasteiger partial charge on any atom is 0.352 e. The molecule has 5 N–H and O–H groups in total. The summed E-state index contributed by atoms with van der Waals surface area (Å²) in [5.41, 5.74) is 10.4. The van der Waals surface area contributed by atoms with Crippen LogP contribution in [-0.2, 0) is 14.3 Å². The molecular weight excluding hydrogens is 304 g/mol. The van der Waals surface area contributed by atoms with E-state index >= 15 is 0 Å². The molecule has 0 bridgehead atoms. The number of aromatic nitrogens is 2. The van der Waals surface area contributed by atoms with Crippen molar-refractivity contribution in [2.24, 2.45) is 11.7 Å². The minimum atomic E-state index is -1.08. The highest BCUT2D eigenvalue weighted by Crippen LogP contribution is 2.25. The molecule has 23 heavy (non-hydrogen) atoms. The van der Waals surface area contributed by atoms with Crippen LogP contribution in [0.5, 0.6) is 0 Å². The van der Waals surface area contributed by atoms with Gasteiger partial charge in [-0.25, -0.2) is 4.79 Å².